The summed E-state index contributed by atoms with van der Waals surface area (Å²) in [5, 5.41) is 26.8. The zero-order valence-electron chi connectivity index (χ0n) is 14.0. The van der Waals surface area contributed by atoms with Gasteiger partial charge >= 0.3 is 0 Å². The van der Waals surface area contributed by atoms with Crippen molar-refractivity contribution in [3.63, 3.8) is 0 Å². The zero-order valence-corrected chi connectivity index (χ0v) is 14.0. The highest BCUT2D eigenvalue weighted by molar-refractivity contribution is 5.92. The second kappa shape index (κ2) is 7.90. The molecular weight excluding hydrogens is 298 g/mol. The number of aromatic nitrogens is 2. The van der Waals surface area contributed by atoms with Crippen LogP contribution >= 0.6 is 0 Å². The molecule has 7 heteroatoms. The summed E-state index contributed by atoms with van der Waals surface area (Å²) in [5.74, 6) is -0.188. The molecule has 0 radical (unpaired) electrons. The Balaban J connectivity index is 2.08. The summed E-state index contributed by atoms with van der Waals surface area (Å²) in [6.45, 7) is 7.44. The second-order valence-corrected chi connectivity index (χ2v) is 6.47. The Morgan fingerprint density at radius 3 is 2.83 bits per heavy atom. The normalized spacial score (nSPS) is 24.9. The number of carbonyl (C=O) groups is 1. The van der Waals surface area contributed by atoms with Gasteiger partial charge in [0.25, 0.3) is 5.91 Å². The molecule has 0 unspecified atom stereocenters. The largest absolute Gasteiger partial charge is 0.390 e. The summed E-state index contributed by atoms with van der Waals surface area (Å²) in [7, 11) is 0. The van der Waals surface area contributed by atoms with E-state index in [4.69, 9.17) is 4.74 Å². The third kappa shape index (κ3) is 4.31. The van der Waals surface area contributed by atoms with Gasteiger partial charge in [-0.25, -0.2) is 0 Å². The Morgan fingerprint density at radius 1 is 1.48 bits per heavy atom. The average molecular weight is 325 g/mol. The number of aliphatic hydroxyl groups excluding tert-OH is 2. The van der Waals surface area contributed by atoms with Crippen molar-refractivity contribution in [2.75, 3.05) is 26.3 Å². The first-order valence-electron chi connectivity index (χ1n) is 8.22. The van der Waals surface area contributed by atoms with E-state index in [2.05, 4.69) is 10.2 Å². The number of nitrogens with one attached hydrogen (secondary N) is 1. The minimum absolute atomic E-state index is 0.135. The Hall–Kier alpha value is -1.44. The number of amides is 1. The van der Waals surface area contributed by atoms with E-state index in [1.165, 1.54) is 0 Å². The molecule has 3 N–H and O–H groups in total. The minimum atomic E-state index is -0.898. The SMILES string of the molecule is CCCN(C[C@@H]1COC[C@@H](O)[C@H]1O)C(=O)c1cc(C(C)C)[nH]n1. The van der Waals surface area contributed by atoms with Gasteiger partial charge in [-0.3, -0.25) is 9.89 Å². The first-order chi connectivity index (χ1) is 10.9. The zero-order chi connectivity index (χ0) is 17.0. The summed E-state index contributed by atoms with van der Waals surface area (Å²) >= 11 is 0. The fraction of sp³-hybridized carbons (Fsp3) is 0.750. The quantitative estimate of drug-likeness (QED) is 0.717. The standard InChI is InChI=1S/C16H27N3O4/c1-4-5-19(7-11-8-23-9-14(20)15(11)21)16(22)13-6-12(10(2)3)17-18-13/h6,10-11,14-15,20-21H,4-5,7-9H2,1-3H3,(H,17,18)/t11-,14-,15+/m1/s1. The van der Waals surface area contributed by atoms with E-state index in [0.717, 1.165) is 12.1 Å². The van der Waals surface area contributed by atoms with E-state index in [-0.39, 0.29) is 24.3 Å². The van der Waals surface area contributed by atoms with E-state index >= 15 is 0 Å². The van der Waals surface area contributed by atoms with E-state index in [0.29, 0.717) is 25.4 Å². The predicted molar refractivity (Wildman–Crippen MR) is 85.2 cm³/mol. The van der Waals surface area contributed by atoms with Crippen LogP contribution in [-0.4, -0.2) is 69.7 Å². The molecule has 130 valence electrons. The van der Waals surface area contributed by atoms with Crippen LogP contribution in [0.25, 0.3) is 0 Å². The number of aliphatic hydroxyl groups is 2. The van der Waals surface area contributed by atoms with Crippen molar-refractivity contribution >= 4 is 5.91 Å². The van der Waals surface area contributed by atoms with E-state index < -0.39 is 12.2 Å². The van der Waals surface area contributed by atoms with E-state index in [1.807, 2.05) is 20.8 Å². The molecule has 1 aliphatic rings. The highest BCUT2D eigenvalue weighted by Gasteiger charge is 2.33. The molecule has 1 amide bonds. The van der Waals surface area contributed by atoms with Gasteiger partial charge in [-0.15, -0.1) is 0 Å². The number of carbonyl (C=O) groups excluding carboxylic acids is 1. The third-order valence-corrected chi connectivity index (χ3v) is 4.17. The predicted octanol–water partition coefficient (Wildman–Crippen LogP) is 0.753. The summed E-state index contributed by atoms with van der Waals surface area (Å²) in [5.41, 5.74) is 1.30. The van der Waals surface area contributed by atoms with Crippen molar-refractivity contribution < 1.29 is 19.7 Å². The Bertz CT molecular complexity index is 517. The molecular formula is C16H27N3O4. The summed E-state index contributed by atoms with van der Waals surface area (Å²) in [6.07, 6.45) is -0.967. The van der Waals surface area contributed by atoms with Crippen LogP contribution in [0.5, 0.6) is 0 Å². The second-order valence-electron chi connectivity index (χ2n) is 6.47. The van der Waals surface area contributed by atoms with Crippen LogP contribution in [0, 0.1) is 5.92 Å². The lowest BCUT2D eigenvalue weighted by Gasteiger charge is -2.35. The minimum Gasteiger partial charge on any atom is -0.390 e. The third-order valence-electron chi connectivity index (χ3n) is 4.17. The summed E-state index contributed by atoms with van der Waals surface area (Å²) in [4.78, 5) is 14.4. The molecule has 23 heavy (non-hydrogen) atoms. The van der Waals surface area contributed by atoms with E-state index in [9.17, 15) is 15.0 Å². The van der Waals surface area contributed by atoms with E-state index in [1.54, 1.807) is 11.0 Å². The monoisotopic (exact) mass is 325 g/mol. The van der Waals surface area contributed by atoms with Crippen molar-refractivity contribution in [1.82, 2.24) is 15.1 Å². The van der Waals surface area contributed by atoms with Crippen molar-refractivity contribution in [2.45, 2.75) is 45.3 Å². The fourth-order valence-corrected chi connectivity index (χ4v) is 2.74. The first-order valence-corrected chi connectivity index (χ1v) is 8.22. The maximum Gasteiger partial charge on any atom is 0.274 e. The molecule has 1 saturated heterocycles. The Kier molecular flexibility index (Phi) is 6.15. The number of H-pyrrole nitrogens is 1. The maximum absolute atomic E-state index is 12.7. The highest BCUT2D eigenvalue weighted by atomic mass is 16.5. The number of hydrogen-bond acceptors (Lipinski definition) is 5. The smallest absolute Gasteiger partial charge is 0.274 e. The van der Waals surface area contributed by atoms with Gasteiger partial charge in [0.05, 0.1) is 19.3 Å². The van der Waals surface area contributed by atoms with Crippen LogP contribution in [-0.2, 0) is 4.74 Å². The van der Waals surface area contributed by atoms with Gasteiger partial charge in [0, 0.05) is 24.7 Å². The van der Waals surface area contributed by atoms with Crippen LogP contribution in [0.1, 0.15) is 49.3 Å². The molecule has 0 aromatic carbocycles. The van der Waals surface area contributed by atoms with Gasteiger partial charge in [-0.05, 0) is 18.4 Å². The molecule has 0 bridgehead atoms. The number of ether oxygens (including phenoxy) is 1. The van der Waals surface area contributed by atoms with Crippen molar-refractivity contribution in [1.29, 1.82) is 0 Å². The molecule has 1 aromatic heterocycles. The van der Waals surface area contributed by atoms with Crippen LogP contribution in [0.3, 0.4) is 0 Å². The number of hydrogen-bond donors (Lipinski definition) is 3. The molecule has 3 atom stereocenters. The van der Waals surface area contributed by atoms with Gasteiger partial charge in [0.1, 0.15) is 11.8 Å². The molecule has 1 aliphatic heterocycles. The van der Waals surface area contributed by atoms with Crippen LogP contribution < -0.4 is 0 Å². The number of aromatic amines is 1. The Morgan fingerprint density at radius 2 is 2.22 bits per heavy atom. The average Bonchev–Trinajstić information content (AvgIpc) is 3.00. The van der Waals surface area contributed by atoms with Gasteiger partial charge in [0.2, 0.25) is 0 Å². The topological polar surface area (TPSA) is 98.7 Å². The molecule has 2 heterocycles. The van der Waals surface area contributed by atoms with Gasteiger partial charge in [-0.1, -0.05) is 20.8 Å². The highest BCUT2D eigenvalue weighted by Crippen LogP contribution is 2.19. The van der Waals surface area contributed by atoms with Gasteiger partial charge in [0.15, 0.2) is 0 Å². The molecule has 1 fully saturated rings. The lowest BCUT2D eigenvalue weighted by atomic mass is 9.95. The fourth-order valence-electron chi connectivity index (χ4n) is 2.74. The van der Waals surface area contributed by atoms with Crippen LogP contribution in [0.15, 0.2) is 6.07 Å². The lowest BCUT2D eigenvalue weighted by molar-refractivity contribution is -0.124. The number of nitrogens with zero attached hydrogens (tertiary/aromatic N) is 2. The first kappa shape index (κ1) is 17.9. The molecule has 2 rings (SSSR count). The molecule has 0 aliphatic carbocycles. The van der Waals surface area contributed by atoms with Crippen molar-refractivity contribution in [3.8, 4) is 0 Å². The molecule has 7 nitrogen and oxygen atoms in total. The van der Waals surface area contributed by atoms with Crippen molar-refractivity contribution in [3.05, 3.63) is 17.5 Å². The lowest BCUT2D eigenvalue weighted by Crippen LogP contribution is -2.49. The maximum atomic E-state index is 12.7. The van der Waals surface area contributed by atoms with Gasteiger partial charge in [-0.2, -0.15) is 5.10 Å². The van der Waals surface area contributed by atoms with Crippen molar-refractivity contribution in [2.24, 2.45) is 5.92 Å². The summed E-state index contributed by atoms with van der Waals surface area (Å²) in [6, 6.07) is 1.78. The molecule has 0 saturated carbocycles. The Labute approximate surface area is 136 Å². The van der Waals surface area contributed by atoms with Crippen LogP contribution in [0.2, 0.25) is 0 Å². The van der Waals surface area contributed by atoms with Gasteiger partial charge < -0.3 is 19.8 Å². The molecule has 0 spiro atoms. The summed E-state index contributed by atoms with van der Waals surface area (Å²) < 4.78 is 5.30. The van der Waals surface area contributed by atoms with Crippen LogP contribution in [0.4, 0.5) is 0 Å². The number of rotatable bonds is 6. The molecule has 1 aromatic rings.